The Balaban J connectivity index is 2.80. The van der Waals surface area contributed by atoms with Crippen molar-refractivity contribution >= 4 is 0 Å². The molecule has 0 radical (unpaired) electrons. The lowest BCUT2D eigenvalue weighted by atomic mass is 10.0. The topological polar surface area (TPSA) is 67.6 Å². The first kappa shape index (κ1) is 12.7. The molecule has 4 heteroatoms. The minimum Gasteiger partial charge on any atom is -0.314 e. The van der Waals surface area contributed by atoms with Crippen LogP contribution in [0.25, 0.3) is 0 Å². The van der Waals surface area contributed by atoms with Crippen LogP contribution < -0.4 is 5.73 Å². The number of nitriles is 1. The summed E-state index contributed by atoms with van der Waals surface area (Å²) in [5, 5.41) is 13.3. The smallest absolute Gasteiger partial charge is 0.103 e. The summed E-state index contributed by atoms with van der Waals surface area (Å²) in [4.78, 5) is 0. The Morgan fingerprint density at radius 2 is 2.12 bits per heavy atom. The van der Waals surface area contributed by atoms with Crippen LogP contribution in [-0.4, -0.2) is 15.3 Å². The van der Waals surface area contributed by atoms with Gasteiger partial charge in [0.05, 0.1) is 11.8 Å². The van der Waals surface area contributed by atoms with Crippen LogP contribution in [0.1, 0.15) is 37.2 Å². The molecular formula is C12H20N4. The third-order valence-corrected chi connectivity index (χ3v) is 2.98. The predicted octanol–water partition coefficient (Wildman–Crippen LogP) is 1.69. The summed E-state index contributed by atoms with van der Waals surface area (Å²) in [5.74, 6) is 0. The standard InChI is InChI=1S/C12H20N4/c1-5-11-9(2)15-16(10(11)3)7-6-12(4,14)8-13/h5-7,14H2,1-4H3. The molecule has 1 aromatic rings. The molecule has 0 saturated carbocycles. The highest BCUT2D eigenvalue weighted by molar-refractivity contribution is 5.24. The van der Waals surface area contributed by atoms with E-state index in [4.69, 9.17) is 11.0 Å². The third-order valence-electron chi connectivity index (χ3n) is 2.98. The van der Waals surface area contributed by atoms with Gasteiger partial charge in [-0.15, -0.1) is 0 Å². The Bertz CT molecular complexity index is 409. The van der Waals surface area contributed by atoms with Gasteiger partial charge in [0.25, 0.3) is 0 Å². The highest BCUT2D eigenvalue weighted by Crippen LogP contribution is 2.15. The SMILES string of the molecule is CCc1c(C)nn(CCC(C)(N)C#N)c1C. The van der Waals surface area contributed by atoms with Crippen LogP contribution in [0.3, 0.4) is 0 Å². The van der Waals surface area contributed by atoms with Gasteiger partial charge in [-0.2, -0.15) is 10.4 Å². The minimum absolute atomic E-state index is 0.620. The Morgan fingerprint density at radius 1 is 1.50 bits per heavy atom. The maximum atomic E-state index is 8.84. The molecule has 0 aliphatic carbocycles. The molecule has 1 unspecified atom stereocenters. The van der Waals surface area contributed by atoms with Gasteiger partial charge in [0, 0.05) is 12.2 Å². The highest BCUT2D eigenvalue weighted by atomic mass is 15.3. The molecule has 0 spiro atoms. The lowest BCUT2D eigenvalue weighted by molar-refractivity contribution is 0.460. The Labute approximate surface area is 97.1 Å². The fraction of sp³-hybridized carbons (Fsp3) is 0.667. The molecule has 1 atom stereocenters. The van der Waals surface area contributed by atoms with Crippen LogP contribution in [0, 0.1) is 25.2 Å². The van der Waals surface area contributed by atoms with Gasteiger partial charge in [-0.25, -0.2) is 0 Å². The molecule has 0 aromatic carbocycles. The molecule has 0 aliphatic heterocycles. The summed E-state index contributed by atoms with van der Waals surface area (Å²) in [7, 11) is 0. The summed E-state index contributed by atoms with van der Waals surface area (Å²) in [6, 6.07) is 2.10. The molecule has 0 fully saturated rings. The van der Waals surface area contributed by atoms with Crippen LogP contribution in [0.4, 0.5) is 0 Å². The quantitative estimate of drug-likeness (QED) is 0.839. The van der Waals surface area contributed by atoms with Gasteiger partial charge in [-0.3, -0.25) is 4.68 Å². The second kappa shape index (κ2) is 4.67. The first-order valence-electron chi connectivity index (χ1n) is 5.64. The van der Waals surface area contributed by atoms with E-state index in [2.05, 4.69) is 25.0 Å². The molecule has 2 N–H and O–H groups in total. The molecule has 1 aromatic heterocycles. The molecular weight excluding hydrogens is 200 g/mol. The predicted molar refractivity (Wildman–Crippen MR) is 63.9 cm³/mol. The second-order valence-electron chi connectivity index (χ2n) is 4.51. The van der Waals surface area contributed by atoms with Gasteiger partial charge in [0.1, 0.15) is 5.54 Å². The minimum atomic E-state index is -0.765. The zero-order chi connectivity index (χ0) is 12.3. The van der Waals surface area contributed by atoms with Crippen molar-refractivity contribution < 1.29 is 0 Å². The van der Waals surface area contributed by atoms with E-state index < -0.39 is 5.54 Å². The molecule has 1 rings (SSSR count). The normalized spacial score (nSPS) is 14.5. The van der Waals surface area contributed by atoms with Gasteiger partial charge >= 0.3 is 0 Å². The van der Waals surface area contributed by atoms with E-state index in [0.717, 1.165) is 12.1 Å². The van der Waals surface area contributed by atoms with Crippen molar-refractivity contribution in [3.05, 3.63) is 17.0 Å². The fourth-order valence-corrected chi connectivity index (χ4v) is 1.86. The van der Waals surface area contributed by atoms with Crippen LogP contribution >= 0.6 is 0 Å². The molecule has 0 bridgehead atoms. The number of rotatable bonds is 4. The van der Waals surface area contributed by atoms with Crippen molar-refractivity contribution in [1.82, 2.24) is 9.78 Å². The second-order valence-corrected chi connectivity index (χ2v) is 4.51. The van der Waals surface area contributed by atoms with Crippen LogP contribution in [0.5, 0.6) is 0 Å². The summed E-state index contributed by atoms with van der Waals surface area (Å²) >= 11 is 0. The average molecular weight is 220 g/mol. The van der Waals surface area contributed by atoms with Crippen molar-refractivity contribution in [3.8, 4) is 6.07 Å². The first-order valence-corrected chi connectivity index (χ1v) is 5.64. The van der Waals surface area contributed by atoms with Gasteiger partial charge in [0.2, 0.25) is 0 Å². The molecule has 88 valence electrons. The number of aryl methyl sites for hydroxylation is 2. The number of hydrogen-bond donors (Lipinski definition) is 1. The van der Waals surface area contributed by atoms with E-state index in [-0.39, 0.29) is 0 Å². The van der Waals surface area contributed by atoms with E-state index in [0.29, 0.717) is 13.0 Å². The van der Waals surface area contributed by atoms with Crippen LogP contribution in [-0.2, 0) is 13.0 Å². The molecule has 0 saturated heterocycles. The van der Waals surface area contributed by atoms with Gasteiger partial charge < -0.3 is 5.73 Å². The third kappa shape index (κ3) is 2.61. The maximum Gasteiger partial charge on any atom is 0.103 e. The van der Waals surface area contributed by atoms with Gasteiger partial charge in [0.15, 0.2) is 0 Å². The Hall–Kier alpha value is -1.34. The molecule has 4 nitrogen and oxygen atoms in total. The summed E-state index contributed by atoms with van der Waals surface area (Å²) in [6.45, 7) is 8.67. The van der Waals surface area contributed by atoms with Crippen LogP contribution in [0.15, 0.2) is 0 Å². The Kier molecular flexibility index (Phi) is 3.71. The molecule has 16 heavy (non-hydrogen) atoms. The molecule has 1 heterocycles. The van der Waals surface area contributed by atoms with Gasteiger partial charge in [-0.1, -0.05) is 6.92 Å². The summed E-state index contributed by atoms with van der Waals surface area (Å²) in [5.41, 5.74) is 8.59. The van der Waals surface area contributed by atoms with E-state index in [1.807, 2.05) is 11.6 Å². The number of nitrogens with zero attached hydrogens (tertiary/aromatic N) is 3. The Morgan fingerprint density at radius 3 is 2.56 bits per heavy atom. The van der Waals surface area contributed by atoms with Crippen molar-refractivity contribution in [2.24, 2.45) is 5.73 Å². The van der Waals surface area contributed by atoms with Crippen LogP contribution in [0.2, 0.25) is 0 Å². The van der Waals surface area contributed by atoms with E-state index in [1.54, 1.807) is 6.92 Å². The van der Waals surface area contributed by atoms with Gasteiger partial charge in [-0.05, 0) is 39.2 Å². The van der Waals surface area contributed by atoms with Crippen molar-refractivity contribution in [2.45, 2.75) is 52.6 Å². The average Bonchev–Trinajstić information content (AvgIpc) is 2.51. The monoisotopic (exact) mass is 220 g/mol. The highest BCUT2D eigenvalue weighted by Gasteiger charge is 2.18. The maximum absolute atomic E-state index is 8.84. The zero-order valence-corrected chi connectivity index (χ0v) is 10.5. The van der Waals surface area contributed by atoms with Crippen molar-refractivity contribution in [1.29, 1.82) is 5.26 Å². The number of aromatic nitrogens is 2. The van der Waals surface area contributed by atoms with Crippen molar-refractivity contribution in [3.63, 3.8) is 0 Å². The first-order chi connectivity index (χ1) is 7.41. The van der Waals surface area contributed by atoms with Crippen molar-refractivity contribution in [2.75, 3.05) is 0 Å². The lowest BCUT2D eigenvalue weighted by Gasteiger charge is -2.15. The molecule has 0 aliphatic rings. The molecule has 0 amide bonds. The van der Waals surface area contributed by atoms with E-state index >= 15 is 0 Å². The summed E-state index contributed by atoms with van der Waals surface area (Å²) < 4.78 is 1.95. The zero-order valence-electron chi connectivity index (χ0n) is 10.5. The largest absolute Gasteiger partial charge is 0.314 e. The lowest BCUT2D eigenvalue weighted by Crippen LogP contribution is -2.35. The summed E-state index contributed by atoms with van der Waals surface area (Å²) in [6.07, 6.45) is 1.62. The van der Waals surface area contributed by atoms with E-state index in [9.17, 15) is 0 Å². The van der Waals surface area contributed by atoms with E-state index in [1.165, 1.54) is 11.3 Å². The number of nitrogens with two attached hydrogens (primary N) is 1. The number of hydrogen-bond acceptors (Lipinski definition) is 3. The fourth-order valence-electron chi connectivity index (χ4n) is 1.86.